The van der Waals surface area contributed by atoms with Gasteiger partial charge in [-0.1, -0.05) is 12.7 Å². The van der Waals surface area contributed by atoms with Crippen LogP contribution < -0.4 is 5.73 Å². The molecule has 0 unspecified atom stereocenters. The number of nitrogens with two attached hydrogens (primary N) is 1. The van der Waals surface area contributed by atoms with Crippen molar-refractivity contribution in [1.29, 1.82) is 0 Å². The van der Waals surface area contributed by atoms with Gasteiger partial charge in [0, 0.05) is 5.70 Å². The summed E-state index contributed by atoms with van der Waals surface area (Å²) in [5, 5.41) is 0. The summed E-state index contributed by atoms with van der Waals surface area (Å²) in [7, 11) is -0.670. The average molecular weight is 285 g/mol. The fraction of sp³-hybridized carbons (Fsp3) is 0.571. The SMILES string of the molecule is C=C(B1OC(C)(C)C(C)(C)O1)/C(N)=C\C=C(/C)C(F)F. The Labute approximate surface area is 119 Å². The van der Waals surface area contributed by atoms with Gasteiger partial charge in [0.25, 0.3) is 6.43 Å². The van der Waals surface area contributed by atoms with E-state index < -0.39 is 24.7 Å². The highest BCUT2D eigenvalue weighted by Crippen LogP contribution is 2.38. The molecule has 2 N–H and O–H groups in total. The van der Waals surface area contributed by atoms with Crippen LogP contribution in [0.2, 0.25) is 0 Å². The molecular formula is C14H22BF2NO2. The monoisotopic (exact) mass is 285 g/mol. The van der Waals surface area contributed by atoms with Crippen LogP contribution in [0.1, 0.15) is 34.6 Å². The molecule has 1 saturated heterocycles. The maximum absolute atomic E-state index is 12.4. The van der Waals surface area contributed by atoms with Crippen LogP contribution in [-0.2, 0) is 9.31 Å². The first kappa shape index (κ1) is 16.9. The number of halogens is 2. The molecule has 0 aromatic carbocycles. The van der Waals surface area contributed by atoms with E-state index in [0.29, 0.717) is 5.47 Å². The van der Waals surface area contributed by atoms with Gasteiger partial charge in [-0.15, -0.1) is 0 Å². The first-order valence-electron chi connectivity index (χ1n) is 6.45. The van der Waals surface area contributed by atoms with Crippen molar-refractivity contribution in [3.8, 4) is 0 Å². The minimum absolute atomic E-state index is 0.0605. The lowest BCUT2D eigenvalue weighted by Crippen LogP contribution is -2.41. The van der Waals surface area contributed by atoms with Gasteiger partial charge in [-0.3, -0.25) is 0 Å². The van der Waals surface area contributed by atoms with Crippen LogP contribution in [0.25, 0.3) is 0 Å². The summed E-state index contributed by atoms with van der Waals surface area (Å²) in [4.78, 5) is 0. The number of hydrogen-bond donors (Lipinski definition) is 1. The van der Waals surface area contributed by atoms with Crippen molar-refractivity contribution in [3.05, 3.63) is 35.5 Å². The predicted molar refractivity (Wildman–Crippen MR) is 77.3 cm³/mol. The Hall–Kier alpha value is -1.14. The van der Waals surface area contributed by atoms with Crippen molar-refractivity contribution < 1.29 is 18.1 Å². The number of alkyl halides is 2. The molecule has 0 saturated carbocycles. The summed E-state index contributed by atoms with van der Waals surface area (Å²) < 4.78 is 36.3. The third-order valence-corrected chi connectivity index (χ3v) is 3.78. The Balaban J connectivity index is 2.83. The molecule has 1 fully saturated rings. The number of hydrogen-bond acceptors (Lipinski definition) is 3. The summed E-state index contributed by atoms with van der Waals surface area (Å²) in [6.45, 7) is 12.8. The molecule has 0 amide bonds. The van der Waals surface area contributed by atoms with Crippen LogP contribution in [0.4, 0.5) is 8.78 Å². The maximum atomic E-state index is 12.4. The van der Waals surface area contributed by atoms with Crippen LogP contribution >= 0.6 is 0 Å². The van der Waals surface area contributed by atoms with Crippen molar-refractivity contribution in [1.82, 2.24) is 0 Å². The van der Waals surface area contributed by atoms with Crippen molar-refractivity contribution in [3.63, 3.8) is 0 Å². The summed E-state index contributed by atoms with van der Waals surface area (Å²) in [5.41, 5.74) is 5.49. The van der Waals surface area contributed by atoms with Crippen LogP contribution in [0, 0.1) is 0 Å². The van der Waals surface area contributed by atoms with E-state index in [9.17, 15) is 8.78 Å². The average Bonchev–Trinajstić information content (AvgIpc) is 2.53. The van der Waals surface area contributed by atoms with Crippen molar-refractivity contribution in [2.75, 3.05) is 0 Å². The van der Waals surface area contributed by atoms with E-state index in [4.69, 9.17) is 15.0 Å². The molecule has 1 rings (SSSR count). The van der Waals surface area contributed by atoms with Crippen molar-refractivity contribution >= 4 is 7.12 Å². The summed E-state index contributed by atoms with van der Waals surface area (Å²) in [5.74, 6) is 0. The van der Waals surface area contributed by atoms with Gasteiger partial charge in [0.2, 0.25) is 0 Å². The molecule has 1 aliphatic heterocycles. The lowest BCUT2D eigenvalue weighted by molar-refractivity contribution is 0.00578. The Morgan fingerprint density at radius 3 is 2.00 bits per heavy atom. The Kier molecular flexibility index (Phi) is 4.82. The zero-order valence-corrected chi connectivity index (χ0v) is 12.7. The number of allylic oxidation sites excluding steroid dienone is 4. The molecule has 112 valence electrons. The van der Waals surface area contributed by atoms with Crippen molar-refractivity contribution in [2.24, 2.45) is 5.73 Å². The predicted octanol–water partition coefficient (Wildman–Crippen LogP) is 3.23. The van der Waals surface area contributed by atoms with Crippen LogP contribution in [0.5, 0.6) is 0 Å². The van der Waals surface area contributed by atoms with Gasteiger partial charge >= 0.3 is 7.12 Å². The molecular weight excluding hydrogens is 263 g/mol. The normalized spacial score (nSPS) is 22.5. The lowest BCUT2D eigenvalue weighted by atomic mass is 9.77. The quantitative estimate of drug-likeness (QED) is 0.637. The molecule has 1 heterocycles. The minimum Gasteiger partial charge on any atom is -0.399 e. The smallest absolute Gasteiger partial charge is 0.399 e. The summed E-state index contributed by atoms with van der Waals surface area (Å²) >= 11 is 0. The van der Waals surface area contributed by atoms with Gasteiger partial charge in [-0.2, -0.15) is 0 Å². The molecule has 0 bridgehead atoms. The first-order valence-corrected chi connectivity index (χ1v) is 6.45. The Morgan fingerprint density at radius 1 is 1.15 bits per heavy atom. The molecule has 6 heteroatoms. The van der Waals surface area contributed by atoms with Gasteiger partial charge in [0.05, 0.1) is 11.2 Å². The largest absolute Gasteiger partial charge is 0.496 e. The Bertz CT molecular complexity index is 440. The third-order valence-electron chi connectivity index (χ3n) is 3.78. The second kappa shape index (κ2) is 5.70. The van der Waals surface area contributed by atoms with Gasteiger partial charge < -0.3 is 15.0 Å². The fourth-order valence-electron chi connectivity index (χ4n) is 1.52. The number of rotatable bonds is 4. The van der Waals surface area contributed by atoms with Crippen molar-refractivity contribution in [2.45, 2.75) is 52.2 Å². The van der Waals surface area contributed by atoms with Crippen LogP contribution in [-0.4, -0.2) is 24.7 Å². The van der Waals surface area contributed by atoms with Gasteiger partial charge in [0.1, 0.15) is 0 Å². The van der Waals surface area contributed by atoms with Crippen LogP contribution in [0.3, 0.4) is 0 Å². The lowest BCUT2D eigenvalue weighted by Gasteiger charge is -2.32. The topological polar surface area (TPSA) is 44.5 Å². The molecule has 3 nitrogen and oxygen atoms in total. The fourth-order valence-corrected chi connectivity index (χ4v) is 1.52. The summed E-state index contributed by atoms with van der Waals surface area (Å²) in [6.07, 6.45) is 0.176. The molecule has 0 aromatic heterocycles. The van der Waals surface area contributed by atoms with E-state index in [-0.39, 0.29) is 11.3 Å². The van der Waals surface area contributed by atoms with Gasteiger partial charge in [0.15, 0.2) is 0 Å². The van der Waals surface area contributed by atoms with E-state index in [1.165, 1.54) is 19.1 Å². The zero-order chi connectivity index (χ0) is 15.7. The summed E-state index contributed by atoms with van der Waals surface area (Å²) in [6, 6.07) is 0. The van der Waals surface area contributed by atoms with Crippen LogP contribution in [0.15, 0.2) is 35.5 Å². The maximum Gasteiger partial charge on any atom is 0.496 e. The molecule has 0 aliphatic carbocycles. The highest BCUT2D eigenvalue weighted by atomic mass is 19.3. The van der Waals surface area contributed by atoms with E-state index in [0.717, 1.165) is 0 Å². The van der Waals surface area contributed by atoms with E-state index in [1.54, 1.807) is 0 Å². The first-order chi connectivity index (χ1) is 8.98. The minimum atomic E-state index is -2.50. The van der Waals surface area contributed by atoms with Gasteiger partial charge in [-0.25, -0.2) is 8.78 Å². The molecule has 0 radical (unpaired) electrons. The molecule has 0 spiro atoms. The molecule has 20 heavy (non-hydrogen) atoms. The third kappa shape index (κ3) is 3.49. The highest BCUT2D eigenvalue weighted by molar-refractivity contribution is 6.55. The van der Waals surface area contributed by atoms with Gasteiger partial charge in [-0.05, 0) is 51.7 Å². The van der Waals surface area contributed by atoms with E-state index in [1.807, 2.05) is 27.7 Å². The second-order valence-electron chi connectivity index (χ2n) is 5.95. The van der Waals surface area contributed by atoms with E-state index in [2.05, 4.69) is 6.58 Å². The highest BCUT2D eigenvalue weighted by Gasteiger charge is 2.52. The molecule has 0 atom stereocenters. The zero-order valence-electron chi connectivity index (χ0n) is 12.7. The van der Waals surface area contributed by atoms with E-state index >= 15 is 0 Å². The standard InChI is InChI=1S/C14H22BF2NO2/c1-9(12(16)17)7-8-11(18)10(2)15-19-13(3,4)14(5,6)20-15/h7-8,12H,2,18H2,1,3-6H3/b9-7+,11-8+. The molecule has 0 aromatic rings. The second-order valence-corrected chi connectivity index (χ2v) is 5.95. The Morgan fingerprint density at radius 2 is 1.60 bits per heavy atom. The molecule has 1 aliphatic rings.